The van der Waals surface area contributed by atoms with Crippen molar-refractivity contribution in [1.82, 2.24) is 4.98 Å². The lowest BCUT2D eigenvalue weighted by molar-refractivity contribution is 0.196. The minimum absolute atomic E-state index is 0. The van der Waals surface area contributed by atoms with Crippen LogP contribution < -0.4 is 5.73 Å². The van der Waals surface area contributed by atoms with E-state index in [1.807, 2.05) is 0 Å². The maximum atomic E-state index is 12.8. The fourth-order valence-corrected chi connectivity index (χ4v) is 0.652. The molecule has 0 amide bonds. The molecule has 0 aliphatic carbocycles. The number of hydrogen-bond donors (Lipinski definition) is 1. The fraction of sp³-hybridized carbons (Fsp3) is 0.286. The van der Waals surface area contributed by atoms with Crippen LogP contribution in [0.15, 0.2) is 24.4 Å². The number of pyridine rings is 1. The van der Waals surface area contributed by atoms with Crippen LogP contribution in [0.5, 0.6) is 0 Å². The molecule has 0 saturated carbocycles. The molecular weight excluding hydrogens is 167 g/mol. The summed E-state index contributed by atoms with van der Waals surface area (Å²) in [6.07, 6.45) is 1.51. The Bertz CT molecular complexity index is 207. The zero-order chi connectivity index (χ0) is 7.61. The standard InChI is InChI=1S/C7H9FN2.ClH/c1-7(8,9)6-4-2-3-5-10-6;/h2-5H,9H2,1H3;1H. The number of rotatable bonds is 1. The number of halogens is 2. The molecule has 1 aromatic heterocycles. The van der Waals surface area contributed by atoms with Crippen LogP contribution >= 0.6 is 12.4 Å². The third kappa shape index (κ3) is 2.82. The van der Waals surface area contributed by atoms with E-state index in [-0.39, 0.29) is 18.1 Å². The van der Waals surface area contributed by atoms with E-state index < -0.39 is 5.79 Å². The van der Waals surface area contributed by atoms with Crippen LogP contribution in [0.25, 0.3) is 0 Å². The van der Waals surface area contributed by atoms with Gasteiger partial charge in [0.1, 0.15) is 0 Å². The van der Waals surface area contributed by atoms with E-state index in [0.29, 0.717) is 0 Å². The molecule has 2 nitrogen and oxygen atoms in total. The lowest BCUT2D eigenvalue weighted by Gasteiger charge is -2.11. The summed E-state index contributed by atoms with van der Waals surface area (Å²) in [6, 6.07) is 4.97. The molecule has 2 N–H and O–H groups in total. The van der Waals surface area contributed by atoms with Crippen molar-refractivity contribution in [3.63, 3.8) is 0 Å². The van der Waals surface area contributed by atoms with Gasteiger partial charge in [0.2, 0.25) is 0 Å². The molecule has 0 fully saturated rings. The van der Waals surface area contributed by atoms with E-state index in [4.69, 9.17) is 5.73 Å². The predicted molar refractivity (Wildman–Crippen MR) is 44.1 cm³/mol. The molecule has 1 atom stereocenters. The van der Waals surface area contributed by atoms with Gasteiger partial charge in [-0.15, -0.1) is 12.4 Å². The summed E-state index contributed by atoms with van der Waals surface area (Å²) in [6.45, 7) is 1.27. The number of aromatic nitrogens is 1. The molecule has 1 rings (SSSR count). The summed E-state index contributed by atoms with van der Waals surface area (Å²) in [4.78, 5) is 3.75. The van der Waals surface area contributed by atoms with Gasteiger partial charge in [0.15, 0.2) is 5.79 Å². The maximum Gasteiger partial charge on any atom is 0.198 e. The van der Waals surface area contributed by atoms with Crippen LogP contribution in [0.4, 0.5) is 4.39 Å². The Hall–Kier alpha value is -0.670. The van der Waals surface area contributed by atoms with E-state index in [1.165, 1.54) is 13.1 Å². The average molecular weight is 177 g/mol. The summed E-state index contributed by atoms with van der Waals surface area (Å²) in [5.74, 6) is -1.82. The van der Waals surface area contributed by atoms with Gasteiger partial charge in [-0.2, -0.15) is 0 Å². The molecular formula is C7H10ClFN2. The first-order valence-corrected chi connectivity index (χ1v) is 3.00. The van der Waals surface area contributed by atoms with Gasteiger partial charge in [-0.1, -0.05) is 6.07 Å². The van der Waals surface area contributed by atoms with Crippen LogP contribution in [-0.4, -0.2) is 4.98 Å². The van der Waals surface area contributed by atoms with Gasteiger partial charge in [0.05, 0.1) is 5.69 Å². The van der Waals surface area contributed by atoms with E-state index in [2.05, 4.69) is 4.98 Å². The zero-order valence-electron chi connectivity index (χ0n) is 6.12. The molecule has 11 heavy (non-hydrogen) atoms. The third-order valence-corrected chi connectivity index (χ3v) is 1.17. The number of nitrogens with two attached hydrogens (primary N) is 1. The van der Waals surface area contributed by atoms with Crippen molar-refractivity contribution >= 4 is 12.4 Å². The molecule has 0 aliphatic rings. The molecule has 0 spiro atoms. The molecule has 1 unspecified atom stereocenters. The number of nitrogens with zero attached hydrogens (tertiary/aromatic N) is 1. The number of alkyl halides is 1. The van der Waals surface area contributed by atoms with E-state index in [0.717, 1.165) is 0 Å². The van der Waals surface area contributed by atoms with Crippen molar-refractivity contribution in [2.75, 3.05) is 0 Å². The molecule has 62 valence electrons. The molecule has 0 saturated heterocycles. The molecule has 0 bridgehead atoms. The minimum atomic E-state index is -1.82. The molecule has 1 aromatic rings. The van der Waals surface area contributed by atoms with Crippen molar-refractivity contribution in [3.05, 3.63) is 30.1 Å². The third-order valence-electron chi connectivity index (χ3n) is 1.17. The van der Waals surface area contributed by atoms with Gasteiger partial charge < -0.3 is 0 Å². The van der Waals surface area contributed by atoms with Crippen molar-refractivity contribution in [3.8, 4) is 0 Å². The van der Waals surface area contributed by atoms with Gasteiger partial charge in [-0.3, -0.25) is 10.7 Å². The highest BCUT2D eigenvalue weighted by atomic mass is 35.5. The normalized spacial score (nSPS) is 14.8. The van der Waals surface area contributed by atoms with Crippen molar-refractivity contribution in [1.29, 1.82) is 0 Å². The summed E-state index contributed by atoms with van der Waals surface area (Å²) < 4.78 is 12.8. The Kier molecular flexibility index (Phi) is 3.42. The first-order valence-electron chi connectivity index (χ1n) is 3.00. The van der Waals surface area contributed by atoms with Crippen LogP contribution in [0.1, 0.15) is 12.6 Å². The van der Waals surface area contributed by atoms with Gasteiger partial charge in [0, 0.05) is 6.20 Å². The van der Waals surface area contributed by atoms with E-state index in [9.17, 15) is 4.39 Å². The summed E-state index contributed by atoms with van der Waals surface area (Å²) in [7, 11) is 0. The summed E-state index contributed by atoms with van der Waals surface area (Å²) in [5.41, 5.74) is 5.39. The van der Waals surface area contributed by atoms with Crippen LogP contribution in [0.3, 0.4) is 0 Å². The molecule has 0 aliphatic heterocycles. The van der Waals surface area contributed by atoms with E-state index >= 15 is 0 Å². The van der Waals surface area contributed by atoms with Crippen LogP contribution in [-0.2, 0) is 5.79 Å². The molecule has 0 aromatic carbocycles. The highest BCUT2D eigenvalue weighted by Gasteiger charge is 2.19. The quantitative estimate of drug-likeness (QED) is 0.661. The SMILES string of the molecule is CC(N)(F)c1ccccn1.Cl. The van der Waals surface area contributed by atoms with Crippen molar-refractivity contribution < 1.29 is 4.39 Å². The maximum absolute atomic E-state index is 12.8. The predicted octanol–water partition coefficient (Wildman–Crippen LogP) is 1.60. The summed E-state index contributed by atoms with van der Waals surface area (Å²) in [5, 5.41) is 0. The second-order valence-electron chi connectivity index (χ2n) is 2.29. The first kappa shape index (κ1) is 10.3. The zero-order valence-corrected chi connectivity index (χ0v) is 6.94. The molecule has 1 heterocycles. The average Bonchev–Trinajstić information content (AvgIpc) is 1.88. The fourth-order valence-electron chi connectivity index (χ4n) is 0.652. The monoisotopic (exact) mass is 176 g/mol. The first-order chi connectivity index (χ1) is 4.61. The Balaban J connectivity index is 0.000001000. The topological polar surface area (TPSA) is 38.9 Å². The Morgan fingerprint density at radius 1 is 1.55 bits per heavy atom. The molecule has 4 heteroatoms. The second kappa shape index (κ2) is 3.64. The van der Waals surface area contributed by atoms with Gasteiger partial charge in [-0.25, -0.2) is 4.39 Å². The Morgan fingerprint density at radius 3 is 2.45 bits per heavy atom. The number of hydrogen-bond acceptors (Lipinski definition) is 2. The highest BCUT2D eigenvalue weighted by Crippen LogP contribution is 2.14. The lowest BCUT2D eigenvalue weighted by atomic mass is 10.2. The largest absolute Gasteiger partial charge is 0.294 e. The lowest BCUT2D eigenvalue weighted by Crippen LogP contribution is -2.27. The summed E-state index contributed by atoms with van der Waals surface area (Å²) >= 11 is 0. The van der Waals surface area contributed by atoms with Crippen molar-refractivity contribution in [2.45, 2.75) is 12.7 Å². The van der Waals surface area contributed by atoms with Gasteiger partial charge in [-0.05, 0) is 19.1 Å². The van der Waals surface area contributed by atoms with Crippen LogP contribution in [0, 0.1) is 0 Å². The van der Waals surface area contributed by atoms with Gasteiger partial charge >= 0.3 is 0 Å². The van der Waals surface area contributed by atoms with E-state index in [1.54, 1.807) is 18.2 Å². The van der Waals surface area contributed by atoms with Crippen molar-refractivity contribution in [2.24, 2.45) is 5.73 Å². The Labute approximate surface area is 71.0 Å². The molecule has 0 radical (unpaired) electrons. The van der Waals surface area contributed by atoms with Crippen LogP contribution in [0.2, 0.25) is 0 Å². The van der Waals surface area contributed by atoms with Gasteiger partial charge in [0.25, 0.3) is 0 Å². The second-order valence-corrected chi connectivity index (χ2v) is 2.29. The Morgan fingerprint density at radius 2 is 2.18 bits per heavy atom. The minimum Gasteiger partial charge on any atom is -0.294 e. The highest BCUT2D eigenvalue weighted by molar-refractivity contribution is 5.85. The smallest absolute Gasteiger partial charge is 0.198 e.